The summed E-state index contributed by atoms with van der Waals surface area (Å²) in [5.41, 5.74) is 1.37. The van der Waals surface area contributed by atoms with Gasteiger partial charge in [-0.1, -0.05) is 6.07 Å². The lowest BCUT2D eigenvalue weighted by molar-refractivity contribution is 0.0692. The first-order valence-corrected chi connectivity index (χ1v) is 7.77. The van der Waals surface area contributed by atoms with E-state index >= 15 is 0 Å². The Hall–Kier alpha value is -3.29. The second-order valence-electron chi connectivity index (χ2n) is 5.83. The highest BCUT2D eigenvalue weighted by Gasteiger charge is 2.24. The van der Waals surface area contributed by atoms with Gasteiger partial charge < -0.3 is 10.4 Å². The molecule has 0 amide bonds. The minimum absolute atomic E-state index is 0.357. The molecule has 2 heterocycles. The van der Waals surface area contributed by atoms with Gasteiger partial charge in [0.1, 0.15) is 5.82 Å². The molecule has 2 N–H and O–H groups in total. The number of aromatic carboxylic acids is 1. The van der Waals surface area contributed by atoms with E-state index in [-0.39, 0.29) is 5.56 Å². The Balaban J connectivity index is 1.58. The van der Waals surface area contributed by atoms with Crippen LogP contribution in [-0.4, -0.2) is 30.8 Å². The standard InChI is InChI=1S/C17H14FN5O2/c18-14-7-10(1-4-13(14)16(24)25)15-5-6-19-17(22-15)21-11-8-20-23(9-11)12-2-3-12/h1,4-9,12H,2-3H2,(H,24,25)(H,19,21,22). The van der Waals surface area contributed by atoms with Crippen molar-refractivity contribution in [1.82, 2.24) is 19.7 Å². The van der Waals surface area contributed by atoms with Crippen LogP contribution in [0.2, 0.25) is 0 Å². The van der Waals surface area contributed by atoms with Crippen molar-refractivity contribution in [3.63, 3.8) is 0 Å². The molecule has 0 saturated heterocycles. The molecule has 0 atom stereocenters. The van der Waals surface area contributed by atoms with Gasteiger partial charge in [0.25, 0.3) is 0 Å². The van der Waals surface area contributed by atoms with Crippen LogP contribution in [-0.2, 0) is 0 Å². The summed E-state index contributed by atoms with van der Waals surface area (Å²) in [5, 5.41) is 16.3. The van der Waals surface area contributed by atoms with Crippen molar-refractivity contribution in [2.24, 2.45) is 0 Å². The van der Waals surface area contributed by atoms with Crippen molar-refractivity contribution in [2.75, 3.05) is 5.32 Å². The molecule has 1 aliphatic carbocycles. The van der Waals surface area contributed by atoms with Crippen LogP contribution < -0.4 is 5.32 Å². The van der Waals surface area contributed by atoms with E-state index in [4.69, 9.17) is 5.11 Å². The van der Waals surface area contributed by atoms with Crippen molar-refractivity contribution >= 4 is 17.6 Å². The second kappa shape index (κ2) is 5.97. The molecule has 1 aliphatic rings. The number of hydrogen-bond donors (Lipinski definition) is 2. The van der Waals surface area contributed by atoms with Crippen molar-refractivity contribution < 1.29 is 14.3 Å². The summed E-state index contributed by atoms with van der Waals surface area (Å²) in [6.45, 7) is 0. The molecular weight excluding hydrogens is 325 g/mol. The number of halogens is 1. The molecule has 1 saturated carbocycles. The minimum Gasteiger partial charge on any atom is -0.478 e. The maximum Gasteiger partial charge on any atom is 0.338 e. The van der Waals surface area contributed by atoms with Gasteiger partial charge in [-0.05, 0) is 31.0 Å². The molecule has 1 fully saturated rings. The van der Waals surface area contributed by atoms with Crippen LogP contribution in [0.4, 0.5) is 16.0 Å². The van der Waals surface area contributed by atoms with E-state index in [1.165, 1.54) is 12.1 Å². The number of anilines is 2. The van der Waals surface area contributed by atoms with Gasteiger partial charge in [-0.3, -0.25) is 4.68 Å². The van der Waals surface area contributed by atoms with E-state index in [2.05, 4.69) is 20.4 Å². The van der Waals surface area contributed by atoms with Gasteiger partial charge in [-0.15, -0.1) is 0 Å². The van der Waals surface area contributed by atoms with E-state index < -0.39 is 11.8 Å². The Bertz CT molecular complexity index is 952. The molecule has 0 bridgehead atoms. The number of nitrogens with one attached hydrogen (secondary N) is 1. The zero-order valence-corrected chi connectivity index (χ0v) is 13.1. The lowest BCUT2D eigenvalue weighted by atomic mass is 10.1. The predicted octanol–water partition coefficient (Wildman–Crippen LogP) is 3.26. The van der Waals surface area contributed by atoms with Gasteiger partial charge in [-0.25, -0.2) is 19.2 Å². The summed E-state index contributed by atoms with van der Waals surface area (Å²) in [6.07, 6.45) is 7.44. The maximum absolute atomic E-state index is 13.9. The third-order valence-electron chi connectivity index (χ3n) is 3.93. The molecule has 4 rings (SSSR count). The van der Waals surface area contributed by atoms with E-state index in [9.17, 15) is 9.18 Å². The Kier molecular flexibility index (Phi) is 3.64. The van der Waals surface area contributed by atoms with Gasteiger partial charge in [0.15, 0.2) is 0 Å². The molecule has 0 unspecified atom stereocenters. The van der Waals surface area contributed by atoms with Gasteiger partial charge in [-0.2, -0.15) is 5.10 Å². The van der Waals surface area contributed by atoms with Gasteiger partial charge in [0.05, 0.1) is 29.2 Å². The molecule has 126 valence electrons. The number of carboxylic acid groups (broad SMARTS) is 1. The largest absolute Gasteiger partial charge is 0.478 e. The fourth-order valence-corrected chi connectivity index (χ4v) is 2.50. The highest BCUT2D eigenvalue weighted by atomic mass is 19.1. The monoisotopic (exact) mass is 339 g/mol. The number of nitrogens with zero attached hydrogens (tertiary/aromatic N) is 4. The molecule has 25 heavy (non-hydrogen) atoms. The normalized spacial score (nSPS) is 13.6. The summed E-state index contributed by atoms with van der Waals surface area (Å²) in [7, 11) is 0. The fraction of sp³-hybridized carbons (Fsp3) is 0.176. The summed E-state index contributed by atoms with van der Waals surface area (Å²) in [5.74, 6) is -1.75. The average molecular weight is 339 g/mol. The van der Waals surface area contributed by atoms with Gasteiger partial charge in [0.2, 0.25) is 5.95 Å². The first-order chi connectivity index (χ1) is 12.1. The van der Waals surface area contributed by atoms with Crippen LogP contribution in [0.1, 0.15) is 29.2 Å². The number of rotatable bonds is 5. The predicted molar refractivity (Wildman–Crippen MR) is 88.2 cm³/mol. The SMILES string of the molecule is O=C(O)c1ccc(-c2ccnc(Nc3cnn(C4CC4)c3)n2)cc1F. The number of benzene rings is 1. The minimum atomic E-state index is -1.30. The van der Waals surface area contributed by atoms with E-state index in [1.807, 2.05) is 10.9 Å². The van der Waals surface area contributed by atoms with Gasteiger partial charge in [0, 0.05) is 18.0 Å². The Morgan fingerprint density at radius 3 is 2.88 bits per heavy atom. The first-order valence-electron chi connectivity index (χ1n) is 7.77. The summed E-state index contributed by atoms with van der Waals surface area (Å²) in [6, 6.07) is 6.01. The number of carbonyl (C=O) groups is 1. The van der Waals surface area contributed by atoms with Crippen LogP contribution in [0.25, 0.3) is 11.3 Å². The smallest absolute Gasteiger partial charge is 0.338 e. The number of carboxylic acids is 1. The molecular formula is C17H14FN5O2. The molecule has 7 nitrogen and oxygen atoms in total. The maximum atomic E-state index is 13.9. The molecule has 0 spiro atoms. The average Bonchev–Trinajstić information content (AvgIpc) is 3.35. The van der Waals surface area contributed by atoms with Crippen LogP contribution >= 0.6 is 0 Å². The lowest BCUT2D eigenvalue weighted by Gasteiger charge is -2.06. The highest BCUT2D eigenvalue weighted by Crippen LogP contribution is 2.34. The third kappa shape index (κ3) is 3.18. The van der Waals surface area contributed by atoms with E-state index in [0.717, 1.165) is 24.6 Å². The first kappa shape index (κ1) is 15.3. The topological polar surface area (TPSA) is 92.9 Å². The van der Waals surface area contributed by atoms with E-state index in [0.29, 0.717) is 23.2 Å². The molecule has 1 aromatic carbocycles. The number of hydrogen-bond acceptors (Lipinski definition) is 5. The van der Waals surface area contributed by atoms with Crippen LogP contribution in [0.15, 0.2) is 42.9 Å². The highest BCUT2D eigenvalue weighted by molar-refractivity contribution is 5.88. The number of aromatic nitrogens is 4. The summed E-state index contributed by atoms with van der Waals surface area (Å²) in [4.78, 5) is 19.4. The molecule has 8 heteroatoms. The Morgan fingerprint density at radius 1 is 1.32 bits per heavy atom. The molecule has 2 aromatic heterocycles. The van der Waals surface area contributed by atoms with Crippen molar-refractivity contribution in [3.8, 4) is 11.3 Å². The fourth-order valence-electron chi connectivity index (χ4n) is 2.50. The molecule has 0 radical (unpaired) electrons. The molecule has 0 aliphatic heterocycles. The van der Waals surface area contributed by atoms with Crippen molar-refractivity contribution in [1.29, 1.82) is 0 Å². The second-order valence-corrected chi connectivity index (χ2v) is 5.83. The summed E-state index contributed by atoms with van der Waals surface area (Å²) >= 11 is 0. The Morgan fingerprint density at radius 2 is 2.16 bits per heavy atom. The van der Waals surface area contributed by atoms with Crippen LogP contribution in [0, 0.1) is 5.82 Å². The van der Waals surface area contributed by atoms with Crippen molar-refractivity contribution in [3.05, 3.63) is 54.2 Å². The van der Waals surface area contributed by atoms with E-state index in [1.54, 1.807) is 18.5 Å². The van der Waals surface area contributed by atoms with Crippen molar-refractivity contribution in [2.45, 2.75) is 18.9 Å². The van der Waals surface area contributed by atoms with Crippen LogP contribution in [0.3, 0.4) is 0 Å². The van der Waals surface area contributed by atoms with Gasteiger partial charge >= 0.3 is 5.97 Å². The summed E-state index contributed by atoms with van der Waals surface area (Å²) < 4.78 is 15.8. The Labute approximate surface area is 142 Å². The molecule has 3 aromatic rings. The lowest BCUT2D eigenvalue weighted by Crippen LogP contribution is -2.01. The zero-order valence-electron chi connectivity index (χ0n) is 13.1. The third-order valence-corrected chi connectivity index (χ3v) is 3.93. The van der Waals surface area contributed by atoms with Crippen LogP contribution in [0.5, 0.6) is 0 Å². The quantitative estimate of drug-likeness (QED) is 0.741. The zero-order chi connectivity index (χ0) is 17.4.